The summed E-state index contributed by atoms with van der Waals surface area (Å²) in [5.41, 5.74) is 1.41. The smallest absolute Gasteiger partial charge is 0.305 e. The monoisotopic (exact) mass is 573 g/mol. The predicted molar refractivity (Wildman–Crippen MR) is 152 cm³/mol. The lowest BCUT2D eigenvalue weighted by molar-refractivity contribution is -0.143. The highest BCUT2D eigenvalue weighted by molar-refractivity contribution is 8.14. The molecule has 3 fully saturated rings. The van der Waals surface area contributed by atoms with Crippen LogP contribution in [0.4, 0.5) is 4.39 Å². The topological polar surface area (TPSA) is 87.2 Å². The van der Waals surface area contributed by atoms with Gasteiger partial charge in [0.25, 0.3) is 0 Å². The number of hydrogen-bond acceptors (Lipinski definition) is 8. The Kier molecular flexibility index (Phi) is 10.9. The molecule has 1 aromatic rings. The van der Waals surface area contributed by atoms with Crippen molar-refractivity contribution in [3.63, 3.8) is 0 Å². The number of rotatable bonds is 12. The normalized spacial score (nSPS) is 22.4. The van der Waals surface area contributed by atoms with E-state index < -0.39 is 6.04 Å². The summed E-state index contributed by atoms with van der Waals surface area (Å²) in [6.07, 6.45) is 5.39. The Morgan fingerprint density at radius 1 is 1.12 bits per heavy atom. The maximum atomic E-state index is 14.9. The van der Waals surface area contributed by atoms with Gasteiger partial charge >= 0.3 is 5.97 Å². The summed E-state index contributed by atoms with van der Waals surface area (Å²) >= 11 is 1.28. The highest BCUT2D eigenvalue weighted by atomic mass is 32.2. The Hall–Kier alpha value is -2.56. The van der Waals surface area contributed by atoms with Gasteiger partial charge in [0.15, 0.2) is 10.9 Å². The van der Waals surface area contributed by atoms with Crippen molar-refractivity contribution in [3.05, 3.63) is 47.3 Å². The molecule has 2 atom stereocenters. The zero-order valence-electron chi connectivity index (χ0n) is 23.5. The van der Waals surface area contributed by atoms with Crippen LogP contribution in [0.3, 0.4) is 0 Å². The van der Waals surface area contributed by atoms with Crippen molar-refractivity contribution < 1.29 is 28.3 Å². The van der Waals surface area contributed by atoms with E-state index >= 15 is 0 Å². The molecule has 2 heterocycles. The molecule has 1 saturated carbocycles. The van der Waals surface area contributed by atoms with Gasteiger partial charge in [-0.15, -0.1) is 0 Å². The van der Waals surface area contributed by atoms with Gasteiger partial charge in [0.1, 0.15) is 5.82 Å². The second-order valence-electron chi connectivity index (χ2n) is 10.8. The van der Waals surface area contributed by atoms with Crippen molar-refractivity contribution >= 4 is 34.5 Å². The SMILES string of the molecule is CCOC(=O)CCCN1CCN(CC=C2CN(C(C(=O)C3CC3)c3ccccc3F)CCC2SC(C)=O)C(=O)C1. The quantitative estimate of drug-likeness (QED) is 0.277. The van der Waals surface area contributed by atoms with E-state index in [9.17, 15) is 23.6 Å². The first-order valence-electron chi connectivity index (χ1n) is 14.3. The third-order valence-electron chi connectivity index (χ3n) is 7.73. The van der Waals surface area contributed by atoms with Gasteiger partial charge in [-0.25, -0.2) is 4.39 Å². The van der Waals surface area contributed by atoms with Crippen molar-refractivity contribution in [2.24, 2.45) is 5.92 Å². The van der Waals surface area contributed by atoms with Gasteiger partial charge in [-0.1, -0.05) is 36.0 Å². The van der Waals surface area contributed by atoms with Gasteiger partial charge in [-0.3, -0.25) is 29.0 Å². The molecule has 3 aliphatic rings. The Morgan fingerprint density at radius 3 is 2.58 bits per heavy atom. The molecule has 0 spiro atoms. The molecule has 4 rings (SSSR count). The van der Waals surface area contributed by atoms with Crippen LogP contribution in [0.15, 0.2) is 35.9 Å². The number of likely N-dealkylation sites (tertiary alicyclic amines) is 1. The third-order valence-corrected chi connectivity index (χ3v) is 8.89. The van der Waals surface area contributed by atoms with E-state index in [-0.39, 0.29) is 39.8 Å². The summed E-state index contributed by atoms with van der Waals surface area (Å²) < 4.78 is 19.9. The molecule has 0 radical (unpaired) electrons. The number of amides is 1. The molecule has 1 aromatic carbocycles. The molecule has 218 valence electrons. The summed E-state index contributed by atoms with van der Waals surface area (Å²) in [6.45, 7) is 7.43. The molecule has 0 N–H and O–H groups in total. The Bertz CT molecular complexity index is 1120. The molecule has 1 amide bonds. The molecule has 2 unspecified atom stereocenters. The lowest BCUT2D eigenvalue weighted by Gasteiger charge is -2.39. The molecular weight excluding hydrogens is 533 g/mol. The highest BCUT2D eigenvalue weighted by Crippen LogP contribution is 2.40. The first-order chi connectivity index (χ1) is 19.3. The van der Waals surface area contributed by atoms with Gasteiger partial charge in [-0.2, -0.15) is 0 Å². The van der Waals surface area contributed by atoms with Crippen LogP contribution >= 0.6 is 11.8 Å². The maximum Gasteiger partial charge on any atom is 0.305 e. The number of piperidine rings is 1. The van der Waals surface area contributed by atoms with E-state index in [4.69, 9.17) is 4.74 Å². The van der Waals surface area contributed by atoms with Crippen LogP contribution in [0.2, 0.25) is 0 Å². The summed E-state index contributed by atoms with van der Waals surface area (Å²) in [5.74, 6) is -0.521. The standard InChI is InChI=1S/C30H40FN3O5S/c1-3-39-28(37)9-6-14-32-17-18-33(27(36)20-32)15-12-23-19-34(16-13-26(23)40-21(2)35)29(30(38)22-10-11-22)24-7-4-5-8-25(24)31/h4-5,7-8,12,22,26,29H,3,6,9-11,13-20H2,1-2H3. The predicted octanol–water partition coefficient (Wildman–Crippen LogP) is 3.61. The summed E-state index contributed by atoms with van der Waals surface area (Å²) in [5, 5.41) is -0.0121. The van der Waals surface area contributed by atoms with Crippen LogP contribution in [0.5, 0.6) is 0 Å². The van der Waals surface area contributed by atoms with E-state index in [1.54, 1.807) is 32.0 Å². The van der Waals surface area contributed by atoms with Crippen molar-refractivity contribution in [2.75, 3.05) is 52.4 Å². The van der Waals surface area contributed by atoms with Crippen LogP contribution < -0.4 is 0 Å². The minimum Gasteiger partial charge on any atom is -0.466 e. The molecule has 8 nitrogen and oxygen atoms in total. The number of ether oxygens (including phenoxy) is 1. The average Bonchev–Trinajstić information content (AvgIpc) is 3.76. The Morgan fingerprint density at radius 2 is 1.90 bits per heavy atom. The Labute approximate surface area is 240 Å². The second kappa shape index (κ2) is 14.4. The van der Waals surface area contributed by atoms with Crippen LogP contribution in [-0.4, -0.2) is 95.1 Å². The van der Waals surface area contributed by atoms with Crippen molar-refractivity contribution in [2.45, 2.75) is 57.2 Å². The fourth-order valence-electron chi connectivity index (χ4n) is 5.50. The lowest BCUT2D eigenvalue weighted by atomic mass is 9.93. The van der Waals surface area contributed by atoms with E-state index in [2.05, 4.69) is 4.90 Å². The van der Waals surface area contributed by atoms with E-state index in [1.807, 2.05) is 15.9 Å². The van der Waals surface area contributed by atoms with Crippen molar-refractivity contribution in [3.8, 4) is 0 Å². The number of halogens is 1. The Balaban J connectivity index is 1.42. The highest BCUT2D eigenvalue weighted by Gasteiger charge is 2.41. The van der Waals surface area contributed by atoms with Gasteiger partial charge in [-0.05, 0) is 50.8 Å². The average molecular weight is 574 g/mol. The van der Waals surface area contributed by atoms with Gasteiger partial charge in [0.2, 0.25) is 5.91 Å². The van der Waals surface area contributed by atoms with Crippen LogP contribution in [-0.2, 0) is 23.9 Å². The lowest BCUT2D eigenvalue weighted by Crippen LogP contribution is -2.50. The fourth-order valence-corrected chi connectivity index (χ4v) is 6.45. The molecule has 40 heavy (non-hydrogen) atoms. The summed E-state index contributed by atoms with van der Waals surface area (Å²) in [6, 6.07) is 5.85. The first kappa shape index (κ1) is 30.4. The third kappa shape index (κ3) is 8.24. The number of carbonyl (C=O) groups excluding carboxylic acids is 4. The molecule has 0 aromatic heterocycles. The first-order valence-corrected chi connectivity index (χ1v) is 15.2. The van der Waals surface area contributed by atoms with Crippen molar-refractivity contribution in [1.82, 2.24) is 14.7 Å². The minimum atomic E-state index is -0.653. The van der Waals surface area contributed by atoms with Gasteiger partial charge < -0.3 is 9.64 Å². The molecule has 1 aliphatic carbocycles. The van der Waals surface area contributed by atoms with Crippen molar-refractivity contribution in [1.29, 1.82) is 0 Å². The van der Waals surface area contributed by atoms with Crippen LogP contribution in [0.25, 0.3) is 0 Å². The van der Waals surface area contributed by atoms with Gasteiger partial charge in [0, 0.05) is 62.8 Å². The van der Waals surface area contributed by atoms with Crippen LogP contribution in [0.1, 0.15) is 57.6 Å². The number of ketones is 1. The molecule has 2 saturated heterocycles. The maximum absolute atomic E-state index is 14.9. The largest absolute Gasteiger partial charge is 0.466 e. The number of Topliss-reactive ketones (excluding diaryl/α,β-unsaturated/α-hetero) is 1. The molecule has 2 aliphatic heterocycles. The van der Waals surface area contributed by atoms with E-state index in [0.29, 0.717) is 70.7 Å². The van der Waals surface area contributed by atoms with E-state index in [0.717, 1.165) is 25.0 Å². The second-order valence-corrected chi connectivity index (χ2v) is 12.1. The number of nitrogens with zero attached hydrogens (tertiary/aromatic N) is 3. The van der Waals surface area contributed by atoms with Crippen LogP contribution in [0, 0.1) is 11.7 Å². The summed E-state index contributed by atoms with van der Waals surface area (Å²) in [4.78, 5) is 55.8. The van der Waals surface area contributed by atoms with Gasteiger partial charge in [0.05, 0.1) is 19.2 Å². The molecular formula is C30H40FN3O5S. The molecule has 10 heteroatoms. The number of esters is 1. The van der Waals surface area contributed by atoms with E-state index in [1.165, 1.54) is 17.8 Å². The minimum absolute atomic E-state index is 0.0208. The zero-order valence-corrected chi connectivity index (χ0v) is 24.3. The zero-order chi connectivity index (χ0) is 28.6. The number of piperazine rings is 1. The number of thioether (sulfide) groups is 1. The fraction of sp³-hybridized carbons (Fsp3) is 0.600. The molecule has 0 bridgehead atoms. The summed E-state index contributed by atoms with van der Waals surface area (Å²) in [7, 11) is 0. The number of benzene rings is 1. The number of carbonyl (C=O) groups is 4. The number of hydrogen-bond donors (Lipinski definition) is 0.